The van der Waals surface area contributed by atoms with Crippen LogP contribution in [0.25, 0.3) is 0 Å². The van der Waals surface area contributed by atoms with Crippen molar-refractivity contribution in [1.82, 2.24) is 0 Å². The first-order valence-electron chi connectivity index (χ1n) is 7.13. The Kier molecular flexibility index (Phi) is 6.09. The molecule has 0 fully saturated rings. The van der Waals surface area contributed by atoms with Crippen LogP contribution >= 0.6 is 0 Å². The third-order valence-electron chi connectivity index (χ3n) is 2.98. The second kappa shape index (κ2) is 8.49. The molecule has 24 heavy (non-hydrogen) atoms. The Bertz CT molecular complexity index is 703. The number of rotatable bonds is 7. The molecule has 0 heterocycles. The van der Waals surface area contributed by atoms with E-state index in [1.165, 1.54) is 24.3 Å². The summed E-state index contributed by atoms with van der Waals surface area (Å²) < 4.78 is 10.4. The minimum absolute atomic E-state index is 0.0399. The number of methoxy groups -OCH3 is 1. The third-order valence-corrected chi connectivity index (χ3v) is 2.98. The summed E-state index contributed by atoms with van der Waals surface area (Å²) in [5, 5.41) is 15.8. The molecule has 2 rings (SSSR count). The molecule has 0 aliphatic rings. The molecule has 0 aliphatic carbocycles. The largest absolute Gasteiger partial charge is 0.491 e. The molecule has 0 saturated heterocycles. The molecule has 0 aromatic heterocycles. The van der Waals surface area contributed by atoms with Gasteiger partial charge in [0.15, 0.2) is 0 Å². The van der Waals surface area contributed by atoms with Gasteiger partial charge in [0.1, 0.15) is 12.4 Å². The van der Waals surface area contributed by atoms with E-state index in [0.29, 0.717) is 30.3 Å². The number of carbonyl (C=O) groups excluding carboxylic acids is 1. The highest BCUT2D eigenvalue weighted by molar-refractivity contribution is 5.99. The number of nitro groups is 1. The number of benzene rings is 2. The van der Waals surface area contributed by atoms with E-state index in [-0.39, 0.29) is 5.69 Å². The second-order valence-electron chi connectivity index (χ2n) is 4.75. The molecule has 2 aromatic rings. The first-order chi connectivity index (χ1) is 11.6. The Morgan fingerprint density at radius 1 is 1.08 bits per heavy atom. The van der Waals surface area contributed by atoms with Crippen LogP contribution in [0.5, 0.6) is 5.75 Å². The molecule has 0 atom stereocenters. The summed E-state index contributed by atoms with van der Waals surface area (Å²) in [6.07, 6.45) is 0. The monoisotopic (exact) mass is 331 g/mol. The lowest BCUT2D eigenvalue weighted by atomic mass is 10.3. The first kappa shape index (κ1) is 17.2. The van der Waals surface area contributed by atoms with Gasteiger partial charge in [0.05, 0.1) is 11.5 Å². The summed E-state index contributed by atoms with van der Waals surface area (Å²) in [4.78, 5) is 22.0. The molecule has 8 heteroatoms. The summed E-state index contributed by atoms with van der Waals surface area (Å²) in [5.41, 5.74) is 0.969. The number of non-ortho nitro benzene ring substituents is 1. The van der Waals surface area contributed by atoms with Gasteiger partial charge in [-0.3, -0.25) is 10.1 Å². The number of nitrogens with one attached hydrogen (secondary N) is 2. The highest BCUT2D eigenvalue weighted by atomic mass is 16.6. The summed E-state index contributed by atoms with van der Waals surface area (Å²) in [7, 11) is 1.59. The number of anilines is 2. The minimum Gasteiger partial charge on any atom is -0.491 e. The summed E-state index contributed by atoms with van der Waals surface area (Å²) in [6.45, 7) is 0.882. The molecule has 0 spiro atoms. The molecule has 0 aliphatic heterocycles. The number of hydrogen-bond acceptors (Lipinski definition) is 5. The molecule has 0 saturated carbocycles. The van der Waals surface area contributed by atoms with Crippen LogP contribution in [0.2, 0.25) is 0 Å². The van der Waals surface area contributed by atoms with Crippen LogP contribution < -0.4 is 15.4 Å². The van der Waals surface area contributed by atoms with E-state index in [4.69, 9.17) is 9.47 Å². The van der Waals surface area contributed by atoms with E-state index in [9.17, 15) is 14.9 Å². The molecule has 2 N–H and O–H groups in total. The fourth-order valence-corrected chi connectivity index (χ4v) is 1.87. The quantitative estimate of drug-likeness (QED) is 0.460. The summed E-state index contributed by atoms with van der Waals surface area (Å²) in [5.74, 6) is 0.611. The molecule has 0 unspecified atom stereocenters. The van der Waals surface area contributed by atoms with Crippen LogP contribution in [0.1, 0.15) is 0 Å². The predicted molar refractivity (Wildman–Crippen MR) is 89.6 cm³/mol. The standard InChI is InChI=1S/C16H17N3O5/c1-23-9-10-24-15-4-2-3-13(11-15)18-16(20)17-12-5-7-14(8-6-12)19(21)22/h2-8,11H,9-10H2,1H3,(H2,17,18,20). The van der Waals surface area contributed by atoms with Crippen LogP contribution in [0, 0.1) is 10.1 Å². The van der Waals surface area contributed by atoms with Crippen molar-refractivity contribution in [1.29, 1.82) is 0 Å². The van der Waals surface area contributed by atoms with Gasteiger partial charge < -0.3 is 20.1 Å². The van der Waals surface area contributed by atoms with Gasteiger partial charge in [0, 0.05) is 36.7 Å². The van der Waals surface area contributed by atoms with Gasteiger partial charge in [-0.15, -0.1) is 0 Å². The van der Waals surface area contributed by atoms with E-state index in [0.717, 1.165) is 0 Å². The number of ether oxygens (including phenoxy) is 2. The Labute approximate surface area is 138 Å². The topological polar surface area (TPSA) is 103 Å². The number of urea groups is 1. The lowest BCUT2D eigenvalue weighted by Crippen LogP contribution is -2.19. The van der Waals surface area contributed by atoms with Gasteiger partial charge in [-0.25, -0.2) is 4.79 Å². The van der Waals surface area contributed by atoms with Gasteiger partial charge in [0.2, 0.25) is 0 Å². The number of nitrogens with zero attached hydrogens (tertiary/aromatic N) is 1. The molecule has 2 amide bonds. The number of nitro benzene ring substituents is 1. The number of carbonyl (C=O) groups is 1. The summed E-state index contributed by atoms with van der Waals surface area (Å²) in [6, 6.07) is 12.0. The van der Waals surface area contributed by atoms with E-state index in [2.05, 4.69) is 10.6 Å². The van der Waals surface area contributed by atoms with Crippen molar-refractivity contribution in [2.75, 3.05) is 31.0 Å². The lowest BCUT2D eigenvalue weighted by Gasteiger charge is -2.10. The van der Waals surface area contributed by atoms with E-state index in [1.54, 1.807) is 31.4 Å². The van der Waals surface area contributed by atoms with Crippen LogP contribution in [0.3, 0.4) is 0 Å². The number of hydrogen-bond donors (Lipinski definition) is 2. The zero-order chi connectivity index (χ0) is 17.4. The average molecular weight is 331 g/mol. The molecular weight excluding hydrogens is 314 g/mol. The SMILES string of the molecule is COCCOc1cccc(NC(=O)Nc2ccc([N+](=O)[O-])cc2)c1. The Morgan fingerprint density at radius 3 is 2.46 bits per heavy atom. The van der Waals surface area contributed by atoms with E-state index < -0.39 is 11.0 Å². The van der Waals surface area contributed by atoms with Crippen molar-refractivity contribution in [2.45, 2.75) is 0 Å². The highest BCUT2D eigenvalue weighted by Gasteiger charge is 2.07. The fraction of sp³-hybridized carbons (Fsp3) is 0.188. The maximum atomic E-state index is 12.0. The van der Waals surface area contributed by atoms with Crippen molar-refractivity contribution >= 4 is 23.1 Å². The van der Waals surface area contributed by atoms with Crippen LogP contribution in [-0.2, 0) is 4.74 Å². The number of amides is 2. The van der Waals surface area contributed by atoms with Crippen molar-refractivity contribution in [3.05, 3.63) is 58.6 Å². The van der Waals surface area contributed by atoms with Gasteiger partial charge in [-0.05, 0) is 24.3 Å². The lowest BCUT2D eigenvalue weighted by molar-refractivity contribution is -0.384. The van der Waals surface area contributed by atoms with Crippen LogP contribution in [0.15, 0.2) is 48.5 Å². The average Bonchev–Trinajstić information content (AvgIpc) is 2.56. The second-order valence-corrected chi connectivity index (χ2v) is 4.75. The third kappa shape index (κ3) is 5.25. The predicted octanol–water partition coefficient (Wildman–Crippen LogP) is 3.26. The fourth-order valence-electron chi connectivity index (χ4n) is 1.87. The zero-order valence-corrected chi connectivity index (χ0v) is 13.0. The van der Waals surface area contributed by atoms with Crippen LogP contribution in [0.4, 0.5) is 21.9 Å². The molecule has 0 bridgehead atoms. The maximum absolute atomic E-state index is 12.0. The zero-order valence-electron chi connectivity index (χ0n) is 13.0. The highest BCUT2D eigenvalue weighted by Crippen LogP contribution is 2.19. The van der Waals surface area contributed by atoms with Crippen molar-refractivity contribution < 1.29 is 19.2 Å². The van der Waals surface area contributed by atoms with E-state index >= 15 is 0 Å². The molecular formula is C16H17N3O5. The van der Waals surface area contributed by atoms with Crippen molar-refractivity contribution in [3.8, 4) is 5.75 Å². The molecule has 0 radical (unpaired) electrons. The van der Waals surface area contributed by atoms with Crippen molar-refractivity contribution in [2.24, 2.45) is 0 Å². The molecule has 2 aromatic carbocycles. The Hall–Kier alpha value is -3.13. The van der Waals surface area contributed by atoms with Crippen molar-refractivity contribution in [3.63, 3.8) is 0 Å². The minimum atomic E-state index is -0.501. The Balaban J connectivity index is 1.92. The molecule has 126 valence electrons. The first-order valence-corrected chi connectivity index (χ1v) is 7.13. The van der Waals surface area contributed by atoms with E-state index in [1.807, 2.05) is 0 Å². The summed E-state index contributed by atoms with van der Waals surface area (Å²) >= 11 is 0. The van der Waals surface area contributed by atoms with Gasteiger partial charge in [-0.1, -0.05) is 6.07 Å². The van der Waals surface area contributed by atoms with Gasteiger partial charge in [0.25, 0.3) is 5.69 Å². The molecule has 8 nitrogen and oxygen atoms in total. The maximum Gasteiger partial charge on any atom is 0.323 e. The normalized spacial score (nSPS) is 10.0. The van der Waals surface area contributed by atoms with Gasteiger partial charge in [-0.2, -0.15) is 0 Å². The van der Waals surface area contributed by atoms with Gasteiger partial charge >= 0.3 is 6.03 Å². The Morgan fingerprint density at radius 2 is 1.79 bits per heavy atom. The smallest absolute Gasteiger partial charge is 0.323 e. The van der Waals surface area contributed by atoms with Crippen LogP contribution in [-0.4, -0.2) is 31.3 Å².